The van der Waals surface area contributed by atoms with Crippen LogP contribution in [0.4, 0.5) is 0 Å². The molecule has 2 aromatic carbocycles. The first kappa shape index (κ1) is 23.7. The zero-order valence-corrected chi connectivity index (χ0v) is 19.2. The molecule has 1 saturated carbocycles. The minimum Gasteiger partial charge on any atom is -0.395 e. The van der Waals surface area contributed by atoms with Crippen LogP contribution in [-0.2, 0) is 16.6 Å². The first-order valence-electron chi connectivity index (χ1n) is 10.6. The van der Waals surface area contributed by atoms with Gasteiger partial charge in [0.05, 0.1) is 11.5 Å². The van der Waals surface area contributed by atoms with Crippen LogP contribution in [0.25, 0.3) is 0 Å². The molecule has 2 N–H and O–H groups in total. The summed E-state index contributed by atoms with van der Waals surface area (Å²) in [5, 5.41) is 12.0. The highest BCUT2D eigenvalue weighted by atomic mass is 35.5. The Morgan fingerprint density at radius 1 is 1.10 bits per heavy atom. The van der Waals surface area contributed by atoms with Gasteiger partial charge in [-0.2, -0.15) is 4.31 Å². The van der Waals surface area contributed by atoms with Gasteiger partial charge in [0.1, 0.15) is 0 Å². The van der Waals surface area contributed by atoms with E-state index in [0.717, 1.165) is 31.2 Å². The van der Waals surface area contributed by atoms with Gasteiger partial charge in [-0.15, -0.1) is 0 Å². The Bertz CT molecular complexity index is 978. The van der Waals surface area contributed by atoms with E-state index < -0.39 is 10.0 Å². The van der Waals surface area contributed by atoms with E-state index in [0.29, 0.717) is 10.6 Å². The van der Waals surface area contributed by atoms with E-state index in [1.54, 1.807) is 52.8 Å². The largest absolute Gasteiger partial charge is 0.395 e. The van der Waals surface area contributed by atoms with Gasteiger partial charge in [-0.25, -0.2) is 8.42 Å². The van der Waals surface area contributed by atoms with E-state index in [4.69, 9.17) is 16.7 Å². The van der Waals surface area contributed by atoms with E-state index in [-0.39, 0.29) is 42.5 Å². The minimum absolute atomic E-state index is 0.0815. The molecule has 8 heteroatoms. The van der Waals surface area contributed by atoms with Crippen molar-refractivity contribution in [2.24, 2.45) is 5.92 Å². The van der Waals surface area contributed by atoms with Gasteiger partial charge in [0.15, 0.2) is 0 Å². The summed E-state index contributed by atoms with van der Waals surface area (Å²) in [6.45, 7) is 2.41. The van der Waals surface area contributed by atoms with Crippen LogP contribution in [-0.4, -0.2) is 42.9 Å². The normalized spacial score (nSPS) is 19.4. The lowest BCUT2D eigenvalue weighted by Crippen LogP contribution is -2.44. The number of nitrogens with one attached hydrogen (secondary N) is 1. The number of aliphatic hydroxyl groups excluding tert-OH is 1. The fraction of sp³-hybridized carbons (Fsp3) is 0.435. The molecule has 0 spiro atoms. The zero-order valence-electron chi connectivity index (χ0n) is 17.6. The molecule has 0 saturated heterocycles. The molecule has 3 rings (SSSR count). The van der Waals surface area contributed by atoms with Gasteiger partial charge in [0, 0.05) is 29.7 Å². The molecule has 31 heavy (non-hydrogen) atoms. The van der Waals surface area contributed by atoms with Gasteiger partial charge in [-0.05, 0) is 60.7 Å². The lowest BCUT2D eigenvalue weighted by molar-refractivity contribution is 0.0944. The van der Waals surface area contributed by atoms with Crippen LogP contribution in [0.2, 0.25) is 5.02 Å². The topological polar surface area (TPSA) is 86.7 Å². The fourth-order valence-electron chi connectivity index (χ4n) is 4.06. The van der Waals surface area contributed by atoms with Gasteiger partial charge >= 0.3 is 0 Å². The highest BCUT2D eigenvalue weighted by Crippen LogP contribution is 2.33. The van der Waals surface area contributed by atoms with Crippen molar-refractivity contribution in [2.45, 2.75) is 50.1 Å². The minimum atomic E-state index is -3.72. The molecule has 2 atom stereocenters. The summed E-state index contributed by atoms with van der Waals surface area (Å²) in [6.07, 6.45) is 3.95. The molecular weight excluding hydrogens is 436 g/mol. The van der Waals surface area contributed by atoms with Gasteiger partial charge in [0.25, 0.3) is 5.91 Å². The summed E-state index contributed by atoms with van der Waals surface area (Å²) in [5.74, 6) is -0.00787. The van der Waals surface area contributed by atoms with Crippen molar-refractivity contribution in [1.29, 1.82) is 0 Å². The SMILES string of the molecule is CC1CCCCC1N(Cc1ccc(C(=O)NCCO)cc1)S(=O)(=O)c1ccc(Cl)cc1. The van der Waals surface area contributed by atoms with Crippen molar-refractivity contribution >= 4 is 27.5 Å². The number of carbonyl (C=O) groups excluding carboxylic acids is 1. The van der Waals surface area contributed by atoms with Gasteiger partial charge in [-0.1, -0.05) is 43.5 Å². The quantitative estimate of drug-likeness (QED) is 0.621. The monoisotopic (exact) mass is 464 g/mol. The maximum Gasteiger partial charge on any atom is 0.251 e. The second-order valence-electron chi connectivity index (χ2n) is 8.01. The van der Waals surface area contributed by atoms with Crippen LogP contribution in [0, 0.1) is 5.92 Å². The predicted octanol–water partition coefficient (Wildman–Crippen LogP) is 3.83. The number of amides is 1. The molecule has 1 aliphatic rings. The average Bonchev–Trinajstić information content (AvgIpc) is 2.77. The maximum absolute atomic E-state index is 13.6. The number of hydrogen-bond donors (Lipinski definition) is 2. The molecule has 2 aromatic rings. The van der Waals surface area contributed by atoms with Crippen molar-refractivity contribution < 1.29 is 18.3 Å². The Labute approximate surface area is 189 Å². The third-order valence-corrected chi connectivity index (χ3v) is 7.95. The number of carbonyl (C=O) groups is 1. The molecule has 2 unspecified atom stereocenters. The maximum atomic E-state index is 13.6. The number of rotatable bonds is 8. The number of benzene rings is 2. The van der Waals surface area contributed by atoms with Crippen molar-refractivity contribution in [3.8, 4) is 0 Å². The second kappa shape index (κ2) is 10.6. The molecular formula is C23H29ClN2O4S. The molecule has 0 bridgehead atoms. The van der Waals surface area contributed by atoms with Crippen molar-refractivity contribution in [2.75, 3.05) is 13.2 Å². The Kier molecular flexibility index (Phi) is 8.11. The second-order valence-corrected chi connectivity index (χ2v) is 10.3. The number of hydrogen-bond acceptors (Lipinski definition) is 4. The molecule has 0 aromatic heterocycles. The first-order valence-corrected chi connectivity index (χ1v) is 12.4. The first-order chi connectivity index (χ1) is 14.8. The highest BCUT2D eigenvalue weighted by Gasteiger charge is 2.36. The summed E-state index contributed by atoms with van der Waals surface area (Å²) in [6, 6.07) is 13.1. The lowest BCUT2D eigenvalue weighted by Gasteiger charge is -2.37. The summed E-state index contributed by atoms with van der Waals surface area (Å²) < 4.78 is 28.8. The predicted molar refractivity (Wildman–Crippen MR) is 121 cm³/mol. The molecule has 168 valence electrons. The molecule has 0 heterocycles. The third kappa shape index (κ3) is 5.86. The molecule has 6 nitrogen and oxygen atoms in total. The Morgan fingerprint density at radius 2 is 1.74 bits per heavy atom. The number of sulfonamides is 1. The van der Waals surface area contributed by atoms with Gasteiger partial charge < -0.3 is 10.4 Å². The van der Waals surface area contributed by atoms with E-state index in [1.807, 2.05) is 0 Å². The van der Waals surface area contributed by atoms with Crippen molar-refractivity contribution in [3.05, 3.63) is 64.7 Å². The van der Waals surface area contributed by atoms with E-state index >= 15 is 0 Å². The van der Waals surface area contributed by atoms with Crippen LogP contribution < -0.4 is 5.32 Å². The summed E-state index contributed by atoms with van der Waals surface area (Å²) >= 11 is 5.96. The van der Waals surface area contributed by atoms with Crippen LogP contribution in [0.3, 0.4) is 0 Å². The number of aliphatic hydroxyl groups is 1. The standard InChI is InChI=1S/C23H29ClN2O4S/c1-17-4-2-3-5-22(17)26(31(29,30)21-12-10-20(24)11-13-21)16-18-6-8-19(9-7-18)23(28)25-14-15-27/h6-13,17,22,27H,2-5,14-16H2,1H3,(H,25,28). The van der Waals surface area contributed by atoms with E-state index in [1.165, 1.54) is 0 Å². The summed E-state index contributed by atoms with van der Waals surface area (Å²) in [7, 11) is -3.72. The van der Waals surface area contributed by atoms with Crippen LogP contribution in [0.1, 0.15) is 48.5 Å². The Morgan fingerprint density at radius 3 is 2.35 bits per heavy atom. The van der Waals surface area contributed by atoms with E-state index in [9.17, 15) is 13.2 Å². The van der Waals surface area contributed by atoms with Crippen molar-refractivity contribution in [3.63, 3.8) is 0 Å². The molecule has 1 aliphatic carbocycles. The smallest absolute Gasteiger partial charge is 0.251 e. The number of halogens is 1. The fourth-order valence-corrected chi connectivity index (χ4v) is 5.93. The van der Waals surface area contributed by atoms with Crippen LogP contribution >= 0.6 is 11.6 Å². The average molecular weight is 465 g/mol. The molecule has 0 aliphatic heterocycles. The third-order valence-electron chi connectivity index (χ3n) is 5.81. The lowest BCUT2D eigenvalue weighted by atomic mass is 9.86. The van der Waals surface area contributed by atoms with Crippen LogP contribution in [0.15, 0.2) is 53.4 Å². The Balaban J connectivity index is 1.88. The highest BCUT2D eigenvalue weighted by molar-refractivity contribution is 7.89. The van der Waals surface area contributed by atoms with Crippen LogP contribution in [0.5, 0.6) is 0 Å². The molecule has 1 amide bonds. The van der Waals surface area contributed by atoms with Crippen molar-refractivity contribution in [1.82, 2.24) is 9.62 Å². The zero-order chi connectivity index (χ0) is 22.4. The molecule has 1 fully saturated rings. The van der Waals surface area contributed by atoms with Gasteiger partial charge in [-0.3, -0.25) is 4.79 Å². The van der Waals surface area contributed by atoms with Gasteiger partial charge in [0.2, 0.25) is 10.0 Å². The molecule has 0 radical (unpaired) electrons. The number of nitrogens with zero attached hydrogens (tertiary/aromatic N) is 1. The summed E-state index contributed by atoms with van der Waals surface area (Å²) in [5.41, 5.74) is 1.28. The Hall–Kier alpha value is -1.93. The summed E-state index contributed by atoms with van der Waals surface area (Å²) in [4.78, 5) is 12.3. The van der Waals surface area contributed by atoms with E-state index in [2.05, 4.69) is 12.2 Å².